The zero-order valence-corrected chi connectivity index (χ0v) is 14.3. The Hall–Kier alpha value is -2.36. The van der Waals surface area contributed by atoms with Gasteiger partial charge in [-0.2, -0.15) is 0 Å². The highest BCUT2D eigenvalue weighted by Crippen LogP contribution is 2.26. The Bertz CT molecular complexity index is 698. The van der Waals surface area contributed by atoms with E-state index in [-0.39, 0.29) is 17.7 Å². The van der Waals surface area contributed by atoms with Gasteiger partial charge < -0.3 is 10.1 Å². The smallest absolute Gasteiger partial charge is 0.227 e. The maximum absolute atomic E-state index is 12.6. The van der Waals surface area contributed by atoms with Crippen LogP contribution in [0.1, 0.15) is 36.5 Å². The number of amides is 1. The van der Waals surface area contributed by atoms with Gasteiger partial charge in [0.2, 0.25) is 5.91 Å². The molecule has 0 spiro atoms. The number of carbonyl (C=O) groups is 1. The number of nitrogens with one attached hydrogen (secondary N) is 1. The lowest BCUT2D eigenvalue weighted by Gasteiger charge is -2.20. The van der Waals surface area contributed by atoms with Gasteiger partial charge >= 0.3 is 0 Å². The number of benzene rings is 1. The van der Waals surface area contributed by atoms with Gasteiger partial charge in [0, 0.05) is 25.4 Å². The molecule has 1 aromatic heterocycles. The first-order valence-electron chi connectivity index (χ1n) is 8.57. The third-order valence-electron chi connectivity index (χ3n) is 4.48. The number of ether oxygens (including phenoxy) is 1. The first-order chi connectivity index (χ1) is 11.6. The molecule has 126 valence electrons. The molecule has 0 bridgehead atoms. The van der Waals surface area contributed by atoms with Gasteiger partial charge in [-0.3, -0.25) is 9.78 Å². The Balaban J connectivity index is 1.58. The molecule has 0 fully saturated rings. The number of carbonyl (C=O) groups excluding carboxylic acids is 1. The molecular weight excluding hydrogens is 300 g/mol. The van der Waals surface area contributed by atoms with Crippen molar-refractivity contribution in [3.8, 4) is 5.75 Å². The number of pyridine rings is 1. The topological polar surface area (TPSA) is 51.2 Å². The fourth-order valence-electron chi connectivity index (χ4n) is 3.25. The molecule has 1 aliphatic heterocycles. The Morgan fingerprint density at radius 1 is 1.25 bits per heavy atom. The second kappa shape index (κ2) is 7.47. The maximum atomic E-state index is 12.6. The van der Waals surface area contributed by atoms with E-state index >= 15 is 0 Å². The minimum absolute atomic E-state index is 0.0840. The minimum atomic E-state index is -0.138. The standard InChI is InChI=1S/C20H24N2O2/c1-14(2)19(16-6-9-21-10-7-16)20(23)22-11-5-15-3-4-18-17(13-15)8-12-24-18/h3-4,6-7,9-10,13-14,19H,5,8,11-12H2,1-2H3,(H,22,23). The summed E-state index contributed by atoms with van der Waals surface area (Å²) in [4.78, 5) is 16.6. The van der Waals surface area contributed by atoms with Gasteiger partial charge in [-0.25, -0.2) is 0 Å². The lowest BCUT2D eigenvalue weighted by molar-refractivity contribution is -0.123. The number of hydrogen-bond acceptors (Lipinski definition) is 3. The molecule has 0 radical (unpaired) electrons. The van der Waals surface area contributed by atoms with E-state index in [9.17, 15) is 4.79 Å². The highest BCUT2D eigenvalue weighted by molar-refractivity contribution is 5.83. The summed E-state index contributed by atoms with van der Waals surface area (Å²) in [6.07, 6.45) is 5.29. The molecule has 4 nitrogen and oxygen atoms in total. The van der Waals surface area contributed by atoms with E-state index in [2.05, 4.69) is 36.3 Å². The molecule has 1 unspecified atom stereocenters. The first-order valence-corrected chi connectivity index (χ1v) is 8.57. The van der Waals surface area contributed by atoms with E-state index in [1.165, 1.54) is 11.1 Å². The molecule has 2 aromatic rings. The van der Waals surface area contributed by atoms with Crippen LogP contribution >= 0.6 is 0 Å². The minimum Gasteiger partial charge on any atom is -0.493 e. The zero-order valence-electron chi connectivity index (χ0n) is 14.3. The monoisotopic (exact) mass is 324 g/mol. The molecular formula is C20H24N2O2. The van der Waals surface area contributed by atoms with Gasteiger partial charge in [-0.1, -0.05) is 26.0 Å². The van der Waals surface area contributed by atoms with Gasteiger partial charge in [0.15, 0.2) is 0 Å². The summed E-state index contributed by atoms with van der Waals surface area (Å²) in [6.45, 7) is 5.57. The summed E-state index contributed by atoms with van der Waals surface area (Å²) in [5, 5.41) is 3.09. The average molecular weight is 324 g/mol. The van der Waals surface area contributed by atoms with Crippen LogP contribution in [0.25, 0.3) is 0 Å². The Kier molecular flexibility index (Phi) is 5.14. The van der Waals surface area contributed by atoms with Crippen LogP contribution in [0.2, 0.25) is 0 Å². The highest BCUT2D eigenvalue weighted by Gasteiger charge is 2.23. The normalized spacial score (nSPS) is 14.1. The Morgan fingerprint density at radius 3 is 2.79 bits per heavy atom. The van der Waals surface area contributed by atoms with Crippen LogP contribution in [-0.2, 0) is 17.6 Å². The van der Waals surface area contributed by atoms with E-state index in [0.29, 0.717) is 6.54 Å². The number of rotatable bonds is 6. The predicted molar refractivity (Wildman–Crippen MR) is 94.2 cm³/mol. The summed E-state index contributed by atoms with van der Waals surface area (Å²) in [5.74, 6) is 1.19. The van der Waals surface area contributed by atoms with E-state index in [1.807, 2.05) is 18.2 Å². The van der Waals surface area contributed by atoms with Crippen molar-refractivity contribution in [3.63, 3.8) is 0 Å². The van der Waals surface area contributed by atoms with E-state index in [1.54, 1.807) is 12.4 Å². The van der Waals surface area contributed by atoms with Gasteiger partial charge in [0.05, 0.1) is 12.5 Å². The van der Waals surface area contributed by atoms with Gasteiger partial charge in [0.1, 0.15) is 5.75 Å². The van der Waals surface area contributed by atoms with Crippen molar-refractivity contribution in [2.24, 2.45) is 5.92 Å². The molecule has 1 atom stereocenters. The Morgan fingerprint density at radius 2 is 2.04 bits per heavy atom. The van der Waals surface area contributed by atoms with Crippen molar-refractivity contribution < 1.29 is 9.53 Å². The third-order valence-corrected chi connectivity index (χ3v) is 4.48. The zero-order chi connectivity index (χ0) is 16.9. The van der Waals surface area contributed by atoms with Crippen molar-refractivity contribution in [1.82, 2.24) is 10.3 Å². The number of fused-ring (bicyclic) bond motifs is 1. The van der Waals surface area contributed by atoms with Crippen molar-refractivity contribution in [2.45, 2.75) is 32.6 Å². The molecule has 0 saturated carbocycles. The fourth-order valence-corrected chi connectivity index (χ4v) is 3.25. The van der Waals surface area contributed by atoms with Crippen molar-refractivity contribution in [1.29, 1.82) is 0 Å². The number of aromatic nitrogens is 1. The van der Waals surface area contributed by atoms with Crippen molar-refractivity contribution >= 4 is 5.91 Å². The molecule has 2 heterocycles. The lowest BCUT2D eigenvalue weighted by Crippen LogP contribution is -2.33. The average Bonchev–Trinajstić information content (AvgIpc) is 3.03. The molecule has 4 heteroatoms. The molecule has 1 aromatic carbocycles. The van der Waals surface area contributed by atoms with Gasteiger partial charge in [-0.05, 0) is 47.2 Å². The lowest BCUT2D eigenvalue weighted by atomic mass is 9.88. The molecule has 1 aliphatic rings. The summed E-state index contributed by atoms with van der Waals surface area (Å²) < 4.78 is 5.53. The molecule has 24 heavy (non-hydrogen) atoms. The second-order valence-corrected chi connectivity index (χ2v) is 6.58. The predicted octanol–water partition coefficient (Wildman–Crippen LogP) is 3.12. The van der Waals surface area contributed by atoms with Crippen LogP contribution in [0.15, 0.2) is 42.7 Å². The van der Waals surface area contributed by atoms with Gasteiger partial charge in [-0.15, -0.1) is 0 Å². The Labute approximate surface area is 143 Å². The SMILES string of the molecule is CC(C)C(C(=O)NCCc1ccc2c(c1)CCO2)c1ccncc1. The molecule has 3 rings (SSSR count). The molecule has 0 aliphatic carbocycles. The van der Waals surface area contributed by atoms with E-state index in [0.717, 1.165) is 30.8 Å². The van der Waals surface area contributed by atoms with Crippen LogP contribution in [-0.4, -0.2) is 24.0 Å². The fraction of sp³-hybridized carbons (Fsp3) is 0.400. The van der Waals surface area contributed by atoms with E-state index in [4.69, 9.17) is 4.74 Å². The molecule has 0 saturated heterocycles. The second-order valence-electron chi connectivity index (χ2n) is 6.58. The largest absolute Gasteiger partial charge is 0.493 e. The van der Waals surface area contributed by atoms with Crippen LogP contribution < -0.4 is 10.1 Å². The van der Waals surface area contributed by atoms with Crippen LogP contribution in [0, 0.1) is 5.92 Å². The van der Waals surface area contributed by atoms with Crippen molar-refractivity contribution in [3.05, 3.63) is 59.4 Å². The molecule has 1 N–H and O–H groups in total. The first kappa shape index (κ1) is 16.5. The van der Waals surface area contributed by atoms with Crippen LogP contribution in [0.5, 0.6) is 5.75 Å². The maximum Gasteiger partial charge on any atom is 0.227 e. The third kappa shape index (κ3) is 3.75. The van der Waals surface area contributed by atoms with Crippen molar-refractivity contribution in [2.75, 3.05) is 13.2 Å². The summed E-state index contributed by atoms with van der Waals surface area (Å²) in [7, 11) is 0. The van der Waals surface area contributed by atoms with Gasteiger partial charge in [0.25, 0.3) is 0 Å². The quantitative estimate of drug-likeness (QED) is 0.888. The summed E-state index contributed by atoms with van der Waals surface area (Å²) >= 11 is 0. The van der Waals surface area contributed by atoms with Crippen LogP contribution in [0.3, 0.4) is 0 Å². The molecule has 1 amide bonds. The number of nitrogens with zero attached hydrogens (tertiary/aromatic N) is 1. The highest BCUT2D eigenvalue weighted by atomic mass is 16.5. The summed E-state index contributed by atoms with van der Waals surface area (Å²) in [6, 6.07) is 10.2. The number of hydrogen-bond donors (Lipinski definition) is 1. The van der Waals surface area contributed by atoms with Crippen LogP contribution in [0.4, 0.5) is 0 Å². The van der Waals surface area contributed by atoms with E-state index < -0.39 is 0 Å². The summed E-state index contributed by atoms with van der Waals surface area (Å²) in [5.41, 5.74) is 3.53.